The molecule has 0 fully saturated rings. The maximum atomic E-state index is 13.0. The van der Waals surface area contributed by atoms with Gasteiger partial charge in [-0.25, -0.2) is 0 Å². The van der Waals surface area contributed by atoms with E-state index in [9.17, 15) is 14.4 Å². The highest BCUT2D eigenvalue weighted by Crippen LogP contribution is 2.12. The van der Waals surface area contributed by atoms with Gasteiger partial charge in [0, 0.05) is 33.0 Å². The van der Waals surface area contributed by atoms with Crippen LogP contribution in [0.3, 0.4) is 0 Å². The molecule has 0 aromatic heterocycles. The van der Waals surface area contributed by atoms with E-state index in [0.29, 0.717) is 38.9 Å². The SMILES string of the molecule is CC(=O)N[C@@H](CC(C)C)C(=O)NCCCC(=O)N(Cc1ccccc1)Cc1ccccc1. The predicted octanol–water partition coefficient (Wildman–Crippen LogP) is 3.66. The molecule has 0 radical (unpaired) electrons. The van der Waals surface area contributed by atoms with Gasteiger partial charge in [-0.3, -0.25) is 14.4 Å². The Kier molecular flexibility index (Phi) is 10.4. The summed E-state index contributed by atoms with van der Waals surface area (Å²) < 4.78 is 0. The van der Waals surface area contributed by atoms with E-state index in [1.807, 2.05) is 79.4 Å². The Morgan fingerprint density at radius 2 is 1.41 bits per heavy atom. The van der Waals surface area contributed by atoms with Crippen LogP contribution in [0, 0.1) is 5.92 Å². The highest BCUT2D eigenvalue weighted by atomic mass is 16.2. The molecular formula is C26H35N3O3. The Labute approximate surface area is 191 Å². The second-order valence-electron chi connectivity index (χ2n) is 8.50. The summed E-state index contributed by atoms with van der Waals surface area (Å²) in [5, 5.41) is 5.57. The number of carbonyl (C=O) groups excluding carboxylic acids is 3. The fourth-order valence-corrected chi connectivity index (χ4v) is 3.52. The maximum absolute atomic E-state index is 13.0. The standard InChI is InChI=1S/C26H35N3O3/c1-20(2)17-24(28-21(3)30)26(32)27-16-10-15-25(31)29(18-22-11-6-4-7-12-22)19-23-13-8-5-9-14-23/h4-9,11-14,20,24H,10,15-19H2,1-3H3,(H,27,32)(H,28,30)/t24-/m0/s1. The smallest absolute Gasteiger partial charge is 0.242 e. The van der Waals surface area contributed by atoms with Crippen molar-refractivity contribution in [2.75, 3.05) is 6.54 Å². The van der Waals surface area contributed by atoms with Gasteiger partial charge in [-0.15, -0.1) is 0 Å². The molecule has 0 spiro atoms. The van der Waals surface area contributed by atoms with E-state index >= 15 is 0 Å². The van der Waals surface area contributed by atoms with Crippen molar-refractivity contribution in [3.8, 4) is 0 Å². The fraction of sp³-hybridized carbons (Fsp3) is 0.423. The van der Waals surface area contributed by atoms with Gasteiger partial charge < -0.3 is 15.5 Å². The Bertz CT molecular complexity index is 812. The van der Waals surface area contributed by atoms with Crippen molar-refractivity contribution in [1.82, 2.24) is 15.5 Å². The average molecular weight is 438 g/mol. The topological polar surface area (TPSA) is 78.5 Å². The van der Waals surface area contributed by atoms with Crippen LogP contribution in [-0.2, 0) is 27.5 Å². The maximum Gasteiger partial charge on any atom is 0.242 e. The molecule has 0 aliphatic heterocycles. The third-order valence-corrected chi connectivity index (χ3v) is 5.05. The quantitative estimate of drug-likeness (QED) is 0.498. The lowest BCUT2D eigenvalue weighted by atomic mass is 10.0. The van der Waals surface area contributed by atoms with Gasteiger partial charge in [0.15, 0.2) is 0 Å². The molecule has 2 aromatic carbocycles. The van der Waals surface area contributed by atoms with Crippen LogP contribution < -0.4 is 10.6 Å². The summed E-state index contributed by atoms with van der Waals surface area (Å²) in [6.07, 6.45) is 1.46. The molecule has 2 aromatic rings. The minimum Gasteiger partial charge on any atom is -0.354 e. The van der Waals surface area contributed by atoms with Crippen LogP contribution >= 0.6 is 0 Å². The van der Waals surface area contributed by atoms with Gasteiger partial charge in [0.2, 0.25) is 17.7 Å². The van der Waals surface area contributed by atoms with Crippen LogP contribution in [0.1, 0.15) is 51.2 Å². The van der Waals surface area contributed by atoms with Crippen LogP contribution in [0.4, 0.5) is 0 Å². The number of rotatable bonds is 12. The molecule has 3 amide bonds. The monoisotopic (exact) mass is 437 g/mol. The molecular weight excluding hydrogens is 402 g/mol. The van der Waals surface area contributed by atoms with Crippen molar-refractivity contribution < 1.29 is 14.4 Å². The number of amides is 3. The second kappa shape index (κ2) is 13.3. The molecule has 1 atom stereocenters. The van der Waals surface area contributed by atoms with Crippen molar-refractivity contribution in [2.45, 2.75) is 59.2 Å². The summed E-state index contributed by atoms with van der Waals surface area (Å²) >= 11 is 0. The number of nitrogens with zero attached hydrogens (tertiary/aromatic N) is 1. The van der Waals surface area contributed by atoms with Gasteiger partial charge >= 0.3 is 0 Å². The first-order valence-electron chi connectivity index (χ1n) is 11.3. The Hall–Kier alpha value is -3.15. The Morgan fingerprint density at radius 3 is 1.88 bits per heavy atom. The molecule has 0 bridgehead atoms. The number of hydrogen-bond donors (Lipinski definition) is 2. The summed E-state index contributed by atoms with van der Waals surface area (Å²) in [6.45, 7) is 6.90. The number of hydrogen-bond acceptors (Lipinski definition) is 3. The number of nitrogens with one attached hydrogen (secondary N) is 2. The summed E-state index contributed by atoms with van der Waals surface area (Å²) in [7, 11) is 0. The van der Waals surface area contributed by atoms with Crippen molar-refractivity contribution in [1.29, 1.82) is 0 Å². The zero-order valence-corrected chi connectivity index (χ0v) is 19.3. The van der Waals surface area contributed by atoms with E-state index < -0.39 is 6.04 Å². The molecule has 0 saturated heterocycles. The van der Waals surface area contributed by atoms with Crippen molar-refractivity contribution in [3.63, 3.8) is 0 Å². The van der Waals surface area contributed by atoms with Crippen LogP contribution in [0.15, 0.2) is 60.7 Å². The molecule has 2 N–H and O–H groups in total. The van der Waals surface area contributed by atoms with E-state index in [1.165, 1.54) is 6.92 Å². The first-order valence-corrected chi connectivity index (χ1v) is 11.3. The first-order chi connectivity index (χ1) is 15.3. The highest BCUT2D eigenvalue weighted by Gasteiger charge is 2.20. The second-order valence-corrected chi connectivity index (χ2v) is 8.50. The zero-order valence-electron chi connectivity index (χ0n) is 19.3. The van der Waals surface area contributed by atoms with E-state index in [4.69, 9.17) is 0 Å². The Balaban J connectivity index is 1.90. The predicted molar refractivity (Wildman–Crippen MR) is 126 cm³/mol. The molecule has 0 aliphatic rings. The van der Waals surface area contributed by atoms with Gasteiger partial charge in [-0.1, -0.05) is 74.5 Å². The van der Waals surface area contributed by atoms with Gasteiger partial charge in [0.1, 0.15) is 6.04 Å². The molecule has 2 rings (SSSR count). The summed E-state index contributed by atoms with van der Waals surface area (Å²) in [6, 6.07) is 19.3. The van der Waals surface area contributed by atoms with Crippen molar-refractivity contribution in [3.05, 3.63) is 71.8 Å². The fourth-order valence-electron chi connectivity index (χ4n) is 3.52. The summed E-state index contributed by atoms with van der Waals surface area (Å²) in [5.74, 6) is -0.0959. The first kappa shape index (κ1) is 25.1. The van der Waals surface area contributed by atoms with Crippen molar-refractivity contribution in [2.24, 2.45) is 5.92 Å². The molecule has 0 aliphatic carbocycles. The third kappa shape index (κ3) is 9.33. The minimum absolute atomic E-state index is 0.0487. The van der Waals surface area contributed by atoms with Crippen LogP contribution in [0.5, 0.6) is 0 Å². The van der Waals surface area contributed by atoms with Gasteiger partial charge in [-0.05, 0) is 29.9 Å². The van der Waals surface area contributed by atoms with E-state index in [0.717, 1.165) is 11.1 Å². The van der Waals surface area contributed by atoms with Crippen LogP contribution in [0.2, 0.25) is 0 Å². The lowest BCUT2D eigenvalue weighted by Crippen LogP contribution is -2.47. The summed E-state index contributed by atoms with van der Waals surface area (Å²) in [5.41, 5.74) is 2.16. The Morgan fingerprint density at radius 1 is 0.875 bits per heavy atom. The summed E-state index contributed by atoms with van der Waals surface area (Å²) in [4.78, 5) is 38.7. The highest BCUT2D eigenvalue weighted by molar-refractivity contribution is 5.86. The average Bonchev–Trinajstić information content (AvgIpc) is 2.76. The van der Waals surface area contributed by atoms with Crippen LogP contribution in [-0.4, -0.2) is 35.2 Å². The minimum atomic E-state index is -0.545. The largest absolute Gasteiger partial charge is 0.354 e. The number of carbonyl (C=O) groups is 3. The van der Waals surface area contributed by atoms with Crippen molar-refractivity contribution >= 4 is 17.7 Å². The zero-order chi connectivity index (χ0) is 23.3. The normalized spacial score (nSPS) is 11.6. The lowest BCUT2D eigenvalue weighted by molar-refractivity contribution is -0.132. The van der Waals surface area contributed by atoms with Gasteiger partial charge in [-0.2, -0.15) is 0 Å². The van der Waals surface area contributed by atoms with Crippen LogP contribution in [0.25, 0.3) is 0 Å². The number of benzene rings is 2. The molecule has 0 saturated carbocycles. The molecule has 0 unspecified atom stereocenters. The van der Waals surface area contributed by atoms with E-state index in [-0.39, 0.29) is 23.6 Å². The third-order valence-electron chi connectivity index (χ3n) is 5.05. The van der Waals surface area contributed by atoms with E-state index in [1.54, 1.807) is 0 Å². The lowest BCUT2D eigenvalue weighted by Gasteiger charge is -2.23. The van der Waals surface area contributed by atoms with Gasteiger partial charge in [0.25, 0.3) is 0 Å². The molecule has 6 heteroatoms. The molecule has 32 heavy (non-hydrogen) atoms. The molecule has 0 heterocycles. The molecule has 172 valence electrons. The van der Waals surface area contributed by atoms with E-state index in [2.05, 4.69) is 10.6 Å². The molecule has 6 nitrogen and oxygen atoms in total. The van der Waals surface area contributed by atoms with Gasteiger partial charge in [0.05, 0.1) is 0 Å².